The van der Waals surface area contributed by atoms with E-state index in [0.29, 0.717) is 25.3 Å². The predicted molar refractivity (Wildman–Crippen MR) is 101 cm³/mol. The predicted octanol–water partition coefficient (Wildman–Crippen LogP) is 2.57. The van der Waals surface area contributed by atoms with Gasteiger partial charge in [0.05, 0.1) is 26.5 Å². The van der Waals surface area contributed by atoms with Crippen LogP contribution in [0.1, 0.15) is 19.0 Å². The van der Waals surface area contributed by atoms with Gasteiger partial charge < -0.3 is 23.5 Å². The molecule has 1 atom stereocenters. The molecule has 1 heterocycles. The molecule has 27 heavy (non-hydrogen) atoms. The van der Waals surface area contributed by atoms with E-state index < -0.39 is 12.1 Å². The zero-order valence-corrected chi connectivity index (χ0v) is 16.1. The maximum Gasteiger partial charge on any atom is 0.347 e. The molecule has 2 aromatic rings. The van der Waals surface area contributed by atoms with Gasteiger partial charge in [-0.05, 0) is 37.6 Å². The number of esters is 1. The van der Waals surface area contributed by atoms with Gasteiger partial charge in [-0.1, -0.05) is 6.92 Å². The largest absolute Gasteiger partial charge is 0.497 e. The molecule has 0 radical (unpaired) electrons. The molecule has 0 spiro atoms. The van der Waals surface area contributed by atoms with E-state index in [-0.39, 0.29) is 11.2 Å². The van der Waals surface area contributed by atoms with E-state index in [9.17, 15) is 9.59 Å². The zero-order chi connectivity index (χ0) is 19.8. The van der Waals surface area contributed by atoms with Crippen LogP contribution in [0.5, 0.6) is 17.2 Å². The average molecular weight is 375 g/mol. The minimum Gasteiger partial charge on any atom is -0.497 e. The van der Waals surface area contributed by atoms with E-state index >= 15 is 0 Å². The molecule has 0 fully saturated rings. The number of ether oxygens (including phenoxy) is 4. The summed E-state index contributed by atoms with van der Waals surface area (Å²) in [5, 5.41) is 0. The summed E-state index contributed by atoms with van der Waals surface area (Å²) in [6, 6.07) is 8.72. The van der Waals surface area contributed by atoms with Crippen LogP contribution in [0.2, 0.25) is 0 Å². The fourth-order valence-corrected chi connectivity index (χ4v) is 2.55. The van der Waals surface area contributed by atoms with Crippen molar-refractivity contribution in [1.82, 2.24) is 4.57 Å². The lowest BCUT2D eigenvalue weighted by atomic mass is 10.2. The molecule has 1 unspecified atom stereocenters. The van der Waals surface area contributed by atoms with Crippen molar-refractivity contribution in [3.8, 4) is 17.2 Å². The van der Waals surface area contributed by atoms with Crippen molar-refractivity contribution in [3.05, 3.63) is 52.4 Å². The average Bonchev–Trinajstić information content (AvgIpc) is 2.69. The summed E-state index contributed by atoms with van der Waals surface area (Å²) in [5.41, 5.74) is 0.352. The number of nitrogens with zero attached hydrogens (tertiary/aromatic N) is 1. The standard InChI is InChI=1S/C20H25NO6/c1-5-18(20(23)25-4)27-19-14(2)21(11-10-17(19)22)12-13-26-16-8-6-15(24-3)7-9-16/h6-11,18H,5,12-13H2,1-4H3. The van der Waals surface area contributed by atoms with Crippen molar-refractivity contribution in [1.29, 1.82) is 0 Å². The summed E-state index contributed by atoms with van der Waals surface area (Å²) in [7, 11) is 2.90. The summed E-state index contributed by atoms with van der Waals surface area (Å²) >= 11 is 0. The van der Waals surface area contributed by atoms with Crippen LogP contribution in [0.4, 0.5) is 0 Å². The molecule has 0 saturated heterocycles. The topological polar surface area (TPSA) is 76.0 Å². The number of aromatic nitrogens is 1. The number of methoxy groups -OCH3 is 2. The van der Waals surface area contributed by atoms with Gasteiger partial charge in [-0.3, -0.25) is 4.79 Å². The van der Waals surface area contributed by atoms with Crippen LogP contribution in [-0.2, 0) is 16.1 Å². The van der Waals surface area contributed by atoms with Crippen LogP contribution in [0.15, 0.2) is 41.3 Å². The molecule has 2 rings (SSSR count). The molecule has 0 aliphatic heterocycles. The van der Waals surface area contributed by atoms with Crippen molar-refractivity contribution in [3.63, 3.8) is 0 Å². The lowest BCUT2D eigenvalue weighted by Gasteiger charge is -2.19. The Morgan fingerprint density at radius 3 is 2.37 bits per heavy atom. The second-order valence-electron chi connectivity index (χ2n) is 5.85. The Morgan fingerprint density at radius 1 is 1.11 bits per heavy atom. The first kappa shape index (κ1) is 20.4. The Labute approximate surface area is 158 Å². The Bertz CT molecular complexity index is 812. The van der Waals surface area contributed by atoms with E-state index in [1.54, 1.807) is 27.2 Å². The van der Waals surface area contributed by atoms with Crippen molar-refractivity contribution in [2.75, 3.05) is 20.8 Å². The molecule has 1 aromatic carbocycles. The Kier molecular flexibility index (Phi) is 7.28. The fraction of sp³-hybridized carbons (Fsp3) is 0.400. The molecule has 1 aromatic heterocycles. The van der Waals surface area contributed by atoms with Gasteiger partial charge in [0.1, 0.15) is 18.1 Å². The normalized spacial score (nSPS) is 11.6. The van der Waals surface area contributed by atoms with Crippen LogP contribution in [-0.4, -0.2) is 37.5 Å². The lowest BCUT2D eigenvalue weighted by Crippen LogP contribution is -2.30. The Balaban J connectivity index is 2.06. The summed E-state index contributed by atoms with van der Waals surface area (Å²) in [6.07, 6.45) is 1.27. The van der Waals surface area contributed by atoms with Gasteiger partial charge >= 0.3 is 5.97 Å². The van der Waals surface area contributed by atoms with Crippen molar-refractivity contribution in [2.45, 2.75) is 32.9 Å². The quantitative estimate of drug-likeness (QED) is 0.627. The van der Waals surface area contributed by atoms with Crippen LogP contribution in [0.3, 0.4) is 0 Å². The molecule has 0 N–H and O–H groups in total. The third-order valence-corrected chi connectivity index (χ3v) is 4.14. The van der Waals surface area contributed by atoms with E-state index in [2.05, 4.69) is 0 Å². The minimum atomic E-state index is -0.812. The molecule has 146 valence electrons. The van der Waals surface area contributed by atoms with Crippen LogP contribution in [0, 0.1) is 6.92 Å². The maximum atomic E-state index is 12.2. The SMILES string of the molecule is CCC(Oc1c(C)n(CCOc2ccc(OC)cc2)ccc1=O)C(=O)OC. The number of pyridine rings is 1. The van der Waals surface area contributed by atoms with E-state index in [4.69, 9.17) is 18.9 Å². The van der Waals surface area contributed by atoms with E-state index in [0.717, 1.165) is 11.5 Å². The van der Waals surface area contributed by atoms with Gasteiger partial charge in [0.25, 0.3) is 0 Å². The third kappa shape index (κ3) is 5.26. The van der Waals surface area contributed by atoms with Crippen LogP contribution < -0.4 is 19.6 Å². The summed E-state index contributed by atoms with van der Waals surface area (Å²) in [6.45, 7) is 4.49. The Hall–Kier alpha value is -2.96. The highest BCUT2D eigenvalue weighted by molar-refractivity contribution is 5.74. The molecule has 0 bridgehead atoms. The summed E-state index contributed by atoms with van der Waals surface area (Å²) in [5.74, 6) is 1.13. The molecule has 0 aliphatic carbocycles. The molecule has 0 aliphatic rings. The molecular weight excluding hydrogens is 350 g/mol. The smallest absolute Gasteiger partial charge is 0.347 e. The van der Waals surface area contributed by atoms with Gasteiger partial charge in [0, 0.05) is 12.3 Å². The molecule has 7 heteroatoms. The first-order chi connectivity index (χ1) is 13.0. The van der Waals surface area contributed by atoms with E-state index in [1.165, 1.54) is 13.2 Å². The van der Waals surface area contributed by atoms with Crippen LogP contribution in [0.25, 0.3) is 0 Å². The van der Waals surface area contributed by atoms with Crippen molar-refractivity contribution < 1.29 is 23.7 Å². The highest BCUT2D eigenvalue weighted by Crippen LogP contribution is 2.18. The van der Waals surface area contributed by atoms with E-state index in [1.807, 2.05) is 28.8 Å². The Morgan fingerprint density at radius 2 is 1.78 bits per heavy atom. The second kappa shape index (κ2) is 9.66. The fourth-order valence-electron chi connectivity index (χ4n) is 2.55. The number of benzene rings is 1. The number of carbonyl (C=O) groups excluding carboxylic acids is 1. The van der Waals surface area contributed by atoms with Crippen molar-refractivity contribution >= 4 is 5.97 Å². The zero-order valence-electron chi connectivity index (χ0n) is 16.1. The maximum absolute atomic E-state index is 12.2. The van der Waals surface area contributed by atoms with Gasteiger partial charge in [-0.15, -0.1) is 0 Å². The summed E-state index contributed by atoms with van der Waals surface area (Å²) in [4.78, 5) is 23.9. The number of rotatable bonds is 9. The second-order valence-corrected chi connectivity index (χ2v) is 5.85. The molecule has 0 saturated carbocycles. The minimum absolute atomic E-state index is 0.152. The molecule has 7 nitrogen and oxygen atoms in total. The highest BCUT2D eigenvalue weighted by atomic mass is 16.6. The van der Waals surface area contributed by atoms with Gasteiger partial charge in [0.15, 0.2) is 11.9 Å². The first-order valence-electron chi connectivity index (χ1n) is 8.71. The number of hydrogen-bond acceptors (Lipinski definition) is 6. The highest BCUT2D eigenvalue weighted by Gasteiger charge is 2.21. The lowest BCUT2D eigenvalue weighted by molar-refractivity contribution is -0.149. The van der Waals surface area contributed by atoms with Crippen molar-refractivity contribution in [2.24, 2.45) is 0 Å². The number of hydrogen-bond donors (Lipinski definition) is 0. The molecular formula is C20H25NO6. The first-order valence-corrected chi connectivity index (χ1v) is 8.71. The monoisotopic (exact) mass is 375 g/mol. The van der Waals surface area contributed by atoms with Crippen LogP contribution >= 0.6 is 0 Å². The third-order valence-electron chi connectivity index (χ3n) is 4.14. The van der Waals surface area contributed by atoms with Gasteiger partial charge in [-0.2, -0.15) is 0 Å². The number of carbonyl (C=O) groups is 1. The summed E-state index contributed by atoms with van der Waals surface area (Å²) < 4.78 is 23.0. The molecule has 0 amide bonds. The van der Waals surface area contributed by atoms with Gasteiger partial charge in [-0.25, -0.2) is 4.79 Å². The van der Waals surface area contributed by atoms with Gasteiger partial charge in [0.2, 0.25) is 5.43 Å².